The molecule has 0 N–H and O–H groups in total. The van der Waals surface area contributed by atoms with Crippen molar-refractivity contribution in [3.8, 4) is 17.2 Å². The molecule has 0 amide bonds. The Morgan fingerprint density at radius 2 is 1.77 bits per heavy atom. The second-order valence-corrected chi connectivity index (χ2v) is 7.71. The molecule has 2 aromatic carbocycles. The van der Waals surface area contributed by atoms with Gasteiger partial charge in [-0.2, -0.15) is 0 Å². The van der Waals surface area contributed by atoms with Gasteiger partial charge in [0.15, 0.2) is 0 Å². The molecule has 31 heavy (non-hydrogen) atoms. The van der Waals surface area contributed by atoms with Gasteiger partial charge in [-0.05, 0) is 75.4 Å². The van der Waals surface area contributed by atoms with Gasteiger partial charge in [0.05, 0.1) is 18.9 Å². The number of allylic oxidation sites excluding steroid dienone is 1. The van der Waals surface area contributed by atoms with Crippen LogP contribution in [0.2, 0.25) is 0 Å². The van der Waals surface area contributed by atoms with E-state index in [9.17, 15) is 0 Å². The first kappa shape index (κ1) is 24.3. The van der Waals surface area contributed by atoms with Crippen LogP contribution in [0, 0.1) is 19.8 Å². The van der Waals surface area contributed by atoms with E-state index in [1.807, 2.05) is 62.4 Å². The van der Waals surface area contributed by atoms with Gasteiger partial charge in [0, 0.05) is 5.56 Å². The third-order valence-corrected chi connectivity index (χ3v) is 4.89. The Labute approximate surface area is 186 Å². The number of nitrogens with zero attached hydrogens (tertiary/aromatic N) is 1. The topological polar surface area (TPSA) is 49.3 Å². The zero-order chi connectivity index (χ0) is 22.6. The Morgan fingerprint density at radius 3 is 2.45 bits per heavy atom. The summed E-state index contributed by atoms with van der Waals surface area (Å²) in [6, 6.07) is 11.9. The molecule has 2 aromatic rings. The van der Waals surface area contributed by atoms with Gasteiger partial charge in [0.2, 0.25) is 0 Å². The van der Waals surface area contributed by atoms with Gasteiger partial charge in [-0.1, -0.05) is 36.4 Å². The quantitative estimate of drug-likeness (QED) is 0.234. The molecule has 0 bridgehead atoms. The summed E-state index contributed by atoms with van der Waals surface area (Å²) in [5.74, 6) is 3.00. The predicted molar refractivity (Wildman–Crippen MR) is 127 cm³/mol. The van der Waals surface area contributed by atoms with Gasteiger partial charge in [-0.3, -0.25) is 0 Å². The standard InChI is InChI=1S/C26H35NO4/c1-7-8-13-29-25-15-20(3)26(21(4)16-25)30-14-12-19(2)18-31-24-11-9-10-23(17-24)22(5)27-28-6/h7-11,15-17,19H,12-14,18H2,1-6H3/b8-7+,27-22+. The van der Waals surface area contributed by atoms with Crippen LogP contribution in [-0.4, -0.2) is 32.6 Å². The van der Waals surface area contributed by atoms with Crippen molar-refractivity contribution in [1.82, 2.24) is 0 Å². The molecular formula is C26H35NO4. The van der Waals surface area contributed by atoms with Crippen molar-refractivity contribution in [1.29, 1.82) is 0 Å². The Balaban J connectivity index is 1.82. The van der Waals surface area contributed by atoms with Crippen molar-refractivity contribution in [2.75, 3.05) is 26.9 Å². The minimum absolute atomic E-state index is 0.362. The van der Waals surface area contributed by atoms with Crippen molar-refractivity contribution >= 4 is 5.71 Å². The molecule has 0 fully saturated rings. The van der Waals surface area contributed by atoms with E-state index in [2.05, 4.69) is 25.9 Å². The molecule has 2 rings (SSSR count). The van der Waals surface area contributed by atoms with Gasteiger partial charge >= 0.3 is 0 Å². The highest BCUT2D eigenvalue weighted by Gasteiger charge is 2.10. The van der Waals surface area contributed by atoms with E-state index in [1.165, 1.54) is 0 Å². The molecule has 1 unspecified atom stereocenters. The van der Waals surface area contributed by atoms with Crippen molar-refractivity contribution < 1.29 is 19.0 Å². The Bertz CT molecular complexity index is 866. The van der Waals surface area contributed by atoms with Crippen LogP contribution < -0.4 is 14.2 Å². The molecule has 0 saturated heterocycles. The second-order valence-electron chi connectivity index (χ2n) is 7.71. The van der Waals surface area contributed by atoms with Crippen LogP contribution in [0.3, 0.4) is 0 Å². The van der Waals surface area contributed by atoms with E-state index in [0.29, 0.717) is 25.7 Å². The summed E-state index contributed by atoms with van der Waals surface area (Å²) in [7, 11) is 1.55. The molecule has 0 radical (unpaired) electrons. The van der Waals surface area contributed by atoms with Crippen molar-refractivity contribution in [3.63, 3.8) is 0 Å². The summed E-state index contributed by atoms with van der Waals surface area (Å²) in [5, 5.41) is 3.97. The minimum Gasteiger partial charge on any atom is -0.493 e. The van der Waals surface area contributed by atoms with Crippen LogP contribution in [0.5, 0.6) is 17.2 Å². The maximum absolute atomic E-state index is 6.09. The summed E-state index contributed by atoms with van der Waals surface area (Å²) in [4.78, 5) is 4.85. The zero-order valence-corrected chi connectivity index (χ0v) is 19.6. The molecule has 168 valence electrons. The van der Waals surface area contributed by atoms with Gasteiger partial charge in [0.1, 0.15) is 31.0 Å². The predicted octanol–water partition coefficient (Wildman–Crippen LogP) is 6.11. The lowest BCUT2D eigenvalue weighted by molar-refractivity contribution is 0.213. The fraction of sp³-hybridized carbons (Fsp3) is 0.423. The maximum atomic E-state index is 6.09. The van der Waals surface area contributed by atoms with Crippen LogP contribution in [0.1, 0.15) is 43.9 Å². The van der Waals surface area contributed by atoms with Crippen molar-refractivity contribution in [2.45, 2.75) is 41.0 Å². The van der Waals surface area contributed by atoms with Crippen LogP contribution in [0.15, 0.2) is 53.7 Å². The van der Waals surface area contributed by atoms with E-state index >= 15 is 0 Å². The molecule has 0 aliphatic carbocycles. The van der Waals surface area contributed by atoms with Crippen molar-refractivity contribution in [2.24, 2.45) is 11.1 Å². The molecule has 0 aromatic heterocycles. The average Bonchev–Trinajstić information content (AvgIpc) is 2.75. The number of ether oxygens (including phenoxy) is 3. The van der Waals surface area contributed by atoms with Gasteiger partial charge in [-0.25, -0.2) is 0 Å². The second kappa shape index (κ2) is 12.7. The number of aryl methyl sites for hydroxylation is 2. The average molecular weight is 426 g/mol. The summed E-state index contributed by atoms with van der Waals surface area (Å²) in [6.45, 7) is 12.0. The van der Waals surface area contributed by atoms with Crippen LogP contribution in [0.4, 0.5) is 0 Å². The lowest BCUT2D eigenvalue weighted by Crippen LogP contribution is -2.13. The van der Waals surface area contributed by atoms with Crippen LogP contribution in [0.25, 0.3) is 0 Å². The molecule has 5 nitrogen and oxygen atoms in total. The van der Waals surface area contributed by atoms with Crippen molar-refractivity contribution in [3.05, 3.63) is 65.2 Å². The number of benzene rings is 2. The summed E-state index contributed by atoms with van der Waals surface area (Å²) >= 11 is 0. The van der Waals surface area contributed by atoms with Gasteiger partial charge in [0.25, 0.3) is 0 Å². The number of rotatable bonds is 12. The van der Waals surface area contributed by atoms with E-state index in [4.69, 9.17) is 19.0 Å². The third kappa shape index (κ3) is 8.00. The molecular weight excluding hydrogens is 390 g/mol. The molecule has 0 heterocycles. The first-order valence-electron chi connectivity index (χ1n) is 10.7. The maximum Gasteiger partial charge on any atom is 0.125 e. The first-order chi connectivity index (χ1) is 14.9. The molecule has 0 saturated carbocycles. The zero-order valence-electron chi connectivity index (χ0n) is 19.6. The SMILES string of the molecule is C/C=C/COc1cc(C)c(OCCC(C)COc2cccc(/C(C)=N/OC)c2)c(C)c1. The van der Waals surface area contributed by atoms with E-state index < -0.39 is 0 Å². The number of hydrogen-bond donors (Lipinski definition) is 0. The van der Waals surface area contributed by atoms with E-state index in [-0.39, 0.29) is 0 Å². The number of hydrogen-bond acceptors (Lipinski definition) is 5. The highest BCUT2D eigenvalue weighted by molar-refractivity contribution is 5.98. The van der Waals surface area contributed by atoms with Gasteiger partial charge < -0.3 is 19.0 Å². The molecule has 0 aliphatic rings. The largest absolute Gasteiger partial charge is 0.493 e. The molecule has 5 heteroatoms. The minimum atomic E-state index is 0.362. The van der Waals surface area contributed by atoms with Crippen LogP contribution in [-0.2, 0) is 4.84 Å². The molecule has 0 spiro atoms. The van der Waals surface area contributed by atoms with E-state index in [0.717, 1.165) is 46.1 Å². The normalized spacial score (nSPS) is 12.6. The number of oxime groups is 1. The summed E-state index contributed by atoms with van der Waals surface area (Å²) in [6.07, 6.45) is 4.88. The smallest absolute Gasteiger partial charge is 0.125 e. The van der Waals surface area contributed by atoms with Gasteiger partial charge in [-0.15, -0.1) is 0 Å². The fourth-order valence-electron chi connectivity index (χ4n) is 3.15. The molecule has 1 atom stereocenters. The Morgan fingerprint density at radius 1 is 1.03 bits per heavy atom. The summed E-state index contributed by atoms with van der Waals surface area (Å²) in [5.41, 5.74) is 3.98. The van der Waals surface area contributed by atoms with Crippen LogP contribution >= 0.6 is 0 Å². The monoisotopic (exact) mass is 425 g/mol. The highest BCUT2D eigenvalue weighted by atomic mass is 16.6. The third-order valence-electron chi connectivity index (χ3n) is 4.89. The lowest BCUT2D eigenvalue weighted by atomic mass is 10.1. The Hall–Kier alpha value is -2.95. The first-order valence-corrected chi connectivity index (χ1v) is 10.7. The fourth-order valence-corrected chi connectivity index (χ4v) is 3.15. The molecule has 0 aliphatic heterocycles. The highest BCUT2D eigenvalue weighted by Crippen LogP contribution is 2.29. The summed E-state index contributed by atoms with van der Waals surface area (Å²) < 4.78 is 17.8. The Kier molecular flexibility index (Phi) is 9.95. The van der Waals surface area contributed by atoms with E-state index in [1.54, 1.807) is 7.11 Å². The lowest BCUT2D eigenvalue weighted by Gasteiger charge is -2.17.